The van der Waals surface area contributed by atoms with Gasteiger partial charge in [0, 0.05) is 5.39 Å². The van der Waals surface area contributed by atoms with E-state index in [-0.39, 0.29) is 23.3 Å². The molecule has 2 heterocycles. The molecule has 33 heavy (non-hydrogen) atoms. The molecule has 3 aromatic carbocycles. The van der Waals surface area contributed by atoms with Crippen LogP contribution in [-0.4, -0.2) is 15.0 Å². The van der Waals surface area contributed by atoms with E-state index in [2.05, 4.69) is 5.32 Å². The van der Waals surface area contributed by atoms with Crippen LogP contribution in [0.25, 0.3) is 22.1 Å². The Hall–Kier alpha value is -4.46. The van der Waals surface area contributed by atoms with Crippen molar-refractivity contribution in [2.24, 2.45) is 0 Å². The van der Waals surface area contributed by atoms with Crippen molar-refractivity contribution in [3.8, 4) is 0 Å². The first-order valence-electron chi connectivity index (χ1n) is 10.3. The van der Waals surface area contributed by atoms with Crippen molar-refractivity contribution in [3.05, 3.63) is 111 Å². The number of benzene rings is 3. The molecule has 2 aromatic heterocycles. The Bertz CT molecular complexity index is 1620. The lowest BCUT2D eigenvalue weighted by atomic mass is 10.2. The fraction of sp³-hybridized carbons (Fsp3) is 0.0800. The van der Waals surface area contributed by atoms with E-state index in [1.165, 1.54) is 22.8 Å². The highest BCUT2D eigenvalue weighted by atomic mass is 19.1. The second-order valence-corrected chi connectivity index (χ2v) is 7.55. The Morgan fingerprint density at radius 3 is 2.36 bits per heavy atom. The van der Waals surface area contributed by atoms with E-state index in [0.717, 1.165) is 10.1 Å². The molecule has 1 N–H and O–H groups in total. The SMILES string of the molecule is O=C(Cn1c(=O)n(Cc2ccccc2)c(=O)c2oc3ccccc3c21)Nc1ccccc1F. The zero-order chi connectivity index (χ0) is 22.9. The van der Waals surface area contributed by atoms with Gasteiger partial charge in [0.1, 0.15) is 23.5 Å². The summed E-state index contributed by atoms with van der Waals surface area (Å²) in [4.78, 5) is 39.4. The monoisotopic (exact) mass is 443 g/mol. The second kappa shape index (κ2) is 8.23. The fourth-order valence-corrected chi connectivity index (χ4v) is 3.84. The molecule has 7 nitrogen and oxygen atoms in total. The molecule has 0 aliphatic rings. The van der Waals surface area contributed by atoms with Crippen LogP contribution in [0.3, 0.4) is 0 Å². The van der Waals surface area contributed by atoms with Crippen LogP contribution in [-0.2, 0) is 17.9 Å². The highest BCUT2D eigenvalue weighted by Gasteiger charge is 2.21. The number of hydrogen-bond donors (Lipinski definition) is 1. The van der Waals surface area contributed by atoms with Crippen molar-refractivity contribution in [1.29, 1.82) is 0 Å². The van der Waals surface area contributed by atoms with Gasteiger partial charge in [-0.2, -0.15) is 0 Å². The van der Waals surface area contributed by atoms with Crippen LogP contribution in [0.15, 0.2) is 92.9 Å². The van der Waals surface area contributed by atoms with Crippen LogP contribution in [0.4, 0.5) is 10.1 Å². The number of fused-ring (bicyclic) bond motifs is 3. The van der Waals surface area contributed by atoms with Crippen LogP contribution >= 0.6 is 0 Å². The largest absolute Gasteiger partial charge is 0.449 e. The molecule has 5 rings (SSSR count). The number of nitrogens with zero attached hydrogens (tertiary/aromatic N) is 2. The third kappa shape index (κ3) is 3.71. The summed E-state index contributed by atoms with van der Waals surface area (Å²) >= 11 is 0. The summed E-state index contributed by atoms with van der Waals surface area (Å²) in [6.45, 7) is -0.414. The molecule has 164 valence electrons. The molecule has 8 heteroatoms. The number of amides is 1. The number of hydrogen-bond acceptors (Lipinski definition) is 4. The molecular formula is C25H18FN3O4. The van der Waals surface area contributed by atoms with Gasteiger partial charge >= 0.3 is 5.69 Å². The van der Waals surface area contributed by atoms with Crippen LogP contribution in [0.2, 0.25) is 0 Å². The zero-order valence-corrected chi connectivity index (χ0v) is 17.3. The summed E-state index contributed by atoms with van der Waals surface area (Å²) in [7, 11) is 0. The van der Waals surface area contributed by atoms with Crippen molar-refractivity contribution in [2.45, 2.75) is 13.1 Å². The topological polar surface area (TPSA) is 86.2 Å². The van der Waals surface area contributed by atoms with Gasteiger partial charge in [-0.05, 0) is 29.8 Å². The van der Waals surface area contributed by atoms with Crippen molar-refractivity contribution >= 4 is 33.7 Å². The highest BCUT2D eigenvalue weighted by Crippen LogP contribution is 2.25. The number of aromatic nitrogens is 2. The normalized spacial score (nSPS) is 11.2. The van der Waals surface area contributed by atoms with Gasteiger partial charge in [-0.25, -0.2) is 9.18 Å². The Kier molecular flexibility index (Phi) is 5.10. The molecule has 0 saturated carbocycles. The predicted molar refractivity (Wildman–Crippen MR) is 123 cm³/mol. The van der Waals surface area contributed by atoms with E-state index in [9.17, 15) is 18.8 Å². The molecule has 0 aliphatic heterocycles. The summed E-state index contributed by atoms with van der Waals surface area (Å²) in [6.07, 6.45) is 0. The van der Waals surface area contributed by atoms with E-state index >= 15 is 0 Å². The minimum atomic E-state index is -0.661. The minimum Gasteiger partial charge on any atom is -0.449 e. The van der Waals surface area contributed by atoms with E-state index in [1.807, 2.05) is 6.07 Å². The number of anilines is 1. The zero-order valence-electron chi connectivity index (χ0n) is 17.3. The lowest BCUT2D eigenvalue weighted by molar-refractivity contribution is -0.116. The van der Waals surface area contributed by atoms with Gasteiger partial charge in [0.05, 0.1) is 12.2 Å². The number of carbonyl (C=O) groups excluding carboxylic acids is 1. The van der Waals surface area contributed by atoms with E-state index < -0.39 is 29.5 Å². The maximum absolute atomic E-state index is 14.0. The number of furan rings is 1. The minimum absolute atomic E-state index is 0.00134. The molecule has 0 aliphatic carbocycles. The third-order valence-corrected chi connectivity index (χ3v) is 5.37. The molecule has 5 aromatic rings. The van der Waals surface area contributed by atoms with E-state index in [0.29, 0.717) is 11.0 Å². The van der Waals surface area contributed by atoms with E-state index in [1.54, 1.807) is 54.6 Å². The van der Waals surface area contributed by atoms with Gasteiger partial charge in [0.15, 0.2) is 0 Å². The van der Waals surface area contributed by atoms with Crippen LogP contribution in [0.5, 0.6) is 0 Å². The molecular weight excluding hydrogens is 425 g/mol. The summed E-state index contributed by atoms with van der Waals surface area (Å²) < 4.78 is 22.0. The van der Waals surface area contributed by atoms with Crippen LogP contribution < -0.4 is 16.6 Å². The van der Waals surface area contributed by atoms with Crippen molar-refractivity contribution in [1.82, 2.24) is 9.13 Å². The first kappa shape index (κ1) is 20.4. The molecule has 0 atom stereocenters. The van der Waals surface area contributed by atoms with Crippen LogP contribution in [0.1, 0.15) is 5.56 Å². The molecule has 0 saturated heterocycles. The predicted octanol–water partition coefficient (Wildman–Crippen LogP) is 3.74. The Morgan fingerprint density at radius 2 is 1.58 bits per heavy atom. The molecule has 0 radical (unpaired) electrons. The Morgan fingerprint density at radius 1 is 0.879 bits per heavy atom. The standard InChI is InChI=1S/C25H18FN3O4/c26-18-11-5-6-12-19(18)27-21(30)15-28-22-17-10-4-7-13-20(17)33-23(22)24(31)29(25(28)32)14-16-8-2-1-3-9-16/h1-13H,14-15H2,(H,27,30). The average molecular weight is 443 g/mol. The Balaban J connectivity index is 1.67. The van der Waals surface area contributed by atoms with Gasteiger partial charge in [-0.15, -0.1) is 0 Å². The number of halogens is 1. The molecule has 0 fully saturated rings. The third-order valence-electron chi connectivity index (χ3n) is 5.37. The number of nitrogens with one attached hydrogen (secondary N) is 1. The Labute approximate surface area is 186 Å². The van der Waals surface area contributed by atoms with Crippen LogP contribution in [0, 0.1) is 5.82 Å². The van der Waals surface area contributed by atoms with Gasteiger partial charge in [-0.1, -0.05) is 54.6 Å². The molecule has 0 spiro atoms. The number of rotatable bonds is 5. The summed E-state index contributed by atoms with van der Waals surface area (Å²) in [5.41, 5.74) is 0.132. The molecule has 0 bridgehead atoms. The highest BCUT2D eigenvalue weighted by molar-refractivity contribution is 6.03. The fourth-order valence-electron chi connectivity index (χ4n) is 3.84. The molecule has 0 unspecified atom stereocenters. The second-order valence-electron chi connectivity index (χ2n) is 7.55. The van der Waals surface area contributed by atoms with Crippen molar-refractivity contribution < 1.29 is 13.6 Å². The average Bonchev–Trinajstić information content (AvgIpc) is 3.21. The van der Waals surface area contributed by atoms with Gasteiger partial charge in [-0.3, -0.25) is 18.7 Å². The van der Waals surface area contributed by atoms with Crippen molar-refractivity contribution in [3.63, 3.8) is 0 Å². The number of carbonyl (C=O) groups is 1. The smallest absolute Gasteiger partial charge is 0.332 e. The van der Waals surface area contributed by atoms with Gasteiger partial charge < -0.3 is 9.73 Å². The summed E-state index contributed by atoms with van der Waals surface area (Å²) in [5.74, 6) is -1.20. The number of para-hydroxylation sites is 2. The maximum atomic E-state index is 14.0. The lowest BCUT2D eigenvalue weighted by Crippen LogP contribution is -2.41. The summed E-state index contributed by atoms with van der Waals surface area (Å²) in [5, 5.41) is 3.02. The quantitative estimate of drug-likeness (QED) is 0.449. The van der Waals surface area contributed by atoms with Gasteiger partial charge in [0.2, 0.25) is 11.5 Å². The maximum Gasteiger partial charge on any atom is 0.332 e. The summed E-state index contributed by atoms with van der Waals surface area (Å²) in [6, 6.07) is 21.7. The first-order chi connectivity index (χ1) is 16.0. The molecule has 1 amide bonds. The van der Waals surface area contributed by atoms with Crippen molar-refractivity contribution in [2.75, 3.05) is 5.32 Å². The first-order valence-corrected chi connectivity index (χ1v) is 10.3. The van der Waals surface area contributed by atoms with E-state index in [4.69, 9.17) is 4.42 Å². The lowest BCUT2D eigenvalue weighted by Gasteiger charge is -2.12. The van der Waals surface area contributed by atoms with Gasteiger partial charge in [0.25, 0.3) is 5.56 Å².